The second-order valence-electron chi connectivity index (χ2n) is 6.17. The quantitative estimate of drug-likeness (QED) is 0.673. The zero-order valence-corrected chi connectivity index (χ0v) is 12.9. The summed E-state index contributed by atoms with van der Waals surface area (Å²) in [5.74, 6) is -0.923. The monoisotopic (exact) mass is 322 g/mol. The smallest absolute Gasteiger partial charge is 0.198 e. The van der Waals surface area contributed by atoms with Crippen molar-refractivity contribution in [2.75, 3.05) is 0 Å². The van der Waals surface area contributed by atoms with Gasteiger partial charge in [-0.25, -0.2) is 0 Å². The zero-order chi connectivity index (χ0) is 17.2. The molecule has 0 saturated carbocycles. The van der Waals surface area contributed by atoms with Crippen LogP contribution in [-0.4, -0.2) is 27.9 Å². The third-order valence-electron chi connectivity index (χ3n) is 4.52. The molecule has 5 heteroatoms. The average Bonchev–Trinajstić information content (AvgIpc) is 2.95. The lowest BCUT2D eigenvalue weighted by molar-refractivity contribution is 0.0975. The van der Waals surface area contributed by atoms with E-state index < -0.39 is 17.3 Å². The molecular formula is C19H14O5. The summed E-state index contributed by atoms with van der Waals surface area (Å²) in [4.78, 5) is 25.7. The molecule has 2 aliphatic rings. The van der Waals surface area contributed by atoms with E-state index in [-0.39, 0.29) is 28.5 Å². The number of hydrogen-bond acceptors (Lipinski definition) is 5. The number of benzene rings is 2. The molecule has 120 valence electrons. The minimum absolute atomic E-state index is 0.0113. The van der Waals surface area contributed by atoms with E-state index in [0.717, 1.165) is 11.6 Å². The highest BCUT2D eigenvalue weighted by Crippen LogP contribution is 2.42. The highest BCUT2D eigenvalue weighted by atomic mass is 16.5. The van der Waals surface area contributed by atoms with Crippen molar-refractivity contribution in [2.24, 2.45) is 0 Å². The molecule has 0 radical (unpaired) electrons. The van der Waals surface area contributed by atoms with E-state index in [4.69, 9.17) is 4.74 Å². The Kier molecular flexibility index (Phi) is 2.85. The molecule has 0 bridgehead atoms. The van der Waals surface area contributed by atoms with Gasteiger partial charge in [0.25, 0.3) is 0 Å². The highest BCUT2D eigenvalue weighted by Gasteiger charge is 2.38. The van der Waals surface area contributed by atoms with Crippen LogP contribution in [0.3, 0.4) is 0 Å². The van der Waals surface area contributed by atoms with Crippen LogP contribution in [-0.2, 0) is 6.42 Å². The third-order valence-corrected chi connectivity index (χ3v) is 4.52. The predicted octanol–water partition coefficient (Wildman–Crippen LogP) is 2.75. The van der Waals surface area contributed by atoms with E-state index in [2.05, 4.69) is 6.58 Å². The summed E-state index contributed by atoms with van der Waals surface area (Å²) in [7, 11) is 0. The Labute approximate surface area is 137 Å². The van der Waals surface area contributed by atoms with Crippen LogP contribution >= 0.6 is 0 Å². The summed E-state index contributed by atoms with van der Waals surface area (Å²) in [6.07, 6.45) is 0.237. The first kappa shape index (κ1) is 14.5. The van der Waals surface area contributed by atoms with E-state index in [0.29, 0.717) is 23.3 Å². The van der Waals surface area contributed by atoms with Gasteiger partial charge >= 0.3 is 0 Å². The van der Waals surface area contributed by atoms with Crippen molar-refractivity contribution in [1.82, 2.24) is 0 Å². The summed E-state index contributed by atoms with van der Waals surface area (Å²) in [5.41, 5.74) is 1.99. The molecule has 2 N–H and O–H groups in total. The molecule has 24 heavy (non-hydrogen) atoms. The van der Waals surface area contributed by atoms with Gasteiger partial charge in [-0.1, -0.05) is 6.58 Å². The van der Waals surface area contributed by atoms with Gasteiger partial charge in [0.2, 0.25) is 0 Å². The summed E-state index contributed by atoms with van der Waals surface area (Å²) < 4.78 is 5.79. The molecule has 2 aromatic rings. The number of phenolic OH excluding ortho intramolecular Hbond substituents is 2. The molecule has 1 atom stereocenters. The fraction of sp³-hybridized carbons (Fsp3) is 0.158. The Hall–Kier alpha value is -3.08. The minimum atomic E-state index is -0.432. The van der Waals surface area contributed by atoms with Gasteiger partial charge in [0.15, 0.2) is 11.6 Å². The molecule has 4 rings (SSSR count). The van der Waals surface area contributed by atoms with Crippen LogP contribution in [0.25, 0.3) is 0 Å². The lowest BCUT2D eigenvalue weighted by Crippen LogP contribution is -2.22. The second kappa shape index (κ2) is 4.71. The van der Waals surface area contributed by atoms with Crippen LogP contribution in [0.1, 0.15) is 44.3 Å². The zero-order valence-electron chi connectivity index (χ0n) is 12.9. The van der Waals surface area contributed by atoms with Crippen LogP contribution in [0, 0.1) is 0 Å². The van der Waals surface area contributed by atoms with Crippen molar-refractivity contribution in [3.05, 3.63) is 64.2 Å². The molecule has 1 unspecified atom stereocenters. The number of rotatable bonds is 1. The van der Waals surface area contributed by atoms with Crippen molar-refractivity contribution in [2.45, 2.75) is 19.4 Å². The molecular weight excluding hydrogens is 308 g/mol. The number of phenols is 2. The molecule has 1 heterocycles. The van der Waals surface area contributed by atoms with Crippen LogP contribution in [0.15, 0.2) is 36.4 Å². The van der Waals surface area contributed by atoms with Gasteiger partial charge in [-0.2, -0.15) is 0 Å². The van der Waals surface area contributed by atoms with Gasteiger partial charge < -0.3 is 14.9 Å². The number of fused-ring (bicyclic) bond motifs is 4. The van der Waals surface area contributed by atoms with E-state index in [1.54, 1.807) is 12.1 Å². The summed E-state index contributed by atoms with van der Waals surface area (Å²) in [5, 5.41) is 19.7. The normalized spacial score (nSPS) is 17.8. The second-order valence-corrected chi connectivity index (χ2v) is 6.17. The van der Waals surface area contributed by atoms with Crippen molar-refractivity contribution in [3.63, 3.8) is 0 Å². The van der Waals surface area contributed by atoms with Gasteiger partial charge in [0, 0.05) is 34.7 Å². The fourth-order valence-corrected chi connectivity index (χ4v) is 3.34. The molecule has 0 amide bonds. The number of carbonyl (C=O) groups excluding carboxylic acids is 2. The molecule has 0 fully saturated rings. The molecule has 2 aromatic carbocycles. The lowest BCUT2D eigenvalue weighted by atomic mass is 9.80. The standard InChI is InChI=1S/C19H14O5/c1-8(2)15-7-11-14(24-15)4-3-10-16(11)19(23)12-5-9(20)6-13(21)17(12)18(10)22/h3-6,15,20-21H,1,7H2,2H3. The van der Waals surface area contributed by atoms with Crippen molar-refractivity contribution in [1.29, 1.82) is 0 Å². The number of hydrogen-bond donors (Lipinski definition) is 2. The highest BCUT2D eigenvalue weighted by molar-refractivity contribution is 6.30. The first-order chi connectivity index (χ1) is 11.4. The van der Waals surface area contributed by atoms with Gasteiger partial charge in [0.05, 0.1) is 5.56 Å². The van der Waals surface area contributed by atoms with Gasteiger partial charge in [-0.15, -0.1) is 0 Å². The largest absolute Gasteiger partial charge is 0.508 e. The number of ketones is 2. The molecule has 0 aromatic heterocycles. The summed E-state index contributed by atoms with van der Waals surface area (Å²) >= 11 is 0. The number of ether oxygens (including phenoxy) is 1. The number of aromatic hydroxyl groups is 2. The third kappa shape index (κ3) is 1.81. The van der Waals surface area contributed by atoms with E-state index in [9.17, 15) is 19.8 Å². The van der Waals surface area contributed by atoms with Crippen molar-refractivity contribution in [3.8, 4) is 17.2 Å². The first-order valence-electron chi connectivity index (χ1n) is 7.51. The van der Waals surface area contributed by atoms with Crippen molar-refractivity contribution >= 4 is 11.6 Å². The molecule has 5 nitrogen and oxygen atoms in total. The lowest BCUT2D eigenvalue weighted by Gasteiger charge is -2.20. The van der Waals surface area contributed by atoms with Crippen molar-refractivity contribution < 1.29 is 24.5 Å². The Bertz CT molecular complexity index is 955. The van der Waals surface area contributed by atoms with Crippen LogP contribution in [0.5, 0.6) is 17.2 Å². The van der Waals surface area contributed by atoms with Gasteiger partial charge in [-0.05, 0) is 30.7 Å². The van der Waals surface area contributed by atoms with Crippen LogP contribution in [0.4, 0.5) is 0 Å². The maximum absolute atomic E-state index is 12.9. The Morgan fingerprint density at radius 2 is 1.83 bits per heavy atom. The summed E-state index contributed by atoms with van der Waals surface area (Å²) in [6.45, 7) is 5.73. The van der Waals surface area contributed by atoms with E-state index >= 15 is 0 Å². The SMILES string of the molecule is C=C(C)C1Cc2c(ccc3c2C(=O)c2cc(O)cc(O)c2C3=O)O1. The van der Waals surface area contributed by atoms with Crippen LogP contribution < -0.4 is 4.74 Å². The fourth-order valence-electron chi connectivity index (χ4n) is 3.34. The minimum Gasteiger partial charge on any atom is -0.508 e. The average molecular weight is 322 g/mol. The predicted molar refractivity (Wildman–Crippen MR) is 86.0 cm³/mol. The maximum Gasteiger partial charge on any atom is 0.198 e. The molecule has 0 spiro atoms. The molecule has 0 saturated heterocycles. The van der Waals surface area contributed by atoms with E-state index in [1.165, 1.54) is 6.07 Å². The van der Waals surface area contributed by atoms with Gasteiger partial charge in [-0.3, -0.25) is 9.59 Å². The topological polar surface area (TPSA) is 83.8 Å². The Balaban J connectivity index is 1.95. The first-order valence-corrected chi connectivity index (χ1v) is 7.51. The molecule has 1 aliphatic heterocycles. The molecule has 1 aliphatic carbocycles. The van der Waals surface area contributed by atoms with E-state index in [1.807, 2.05) is 6.92 Å². The Morgan fingerprint density at radius 3 is 2.54 bits per heavy atom. The van der Waals surface area contributed by atoms with Gasteiger partial charge in [0.1, 0.15) is 23.4 Å². The number of carbonyl (C=O) groups is 2. The van der Waals surface area contributed by atoms with Crippen LogP contribution in [0.2, 0.25) is 0 Å². The Morgan fingerprint density at radius 1 is 1.12 bits per heavy atom. The maximum atomic E-state index is 12.9. The summed E-state index contributed by atoms with van der Waals surface area (Å²) in [6, 6.07) is 5.49.